The summed E-state index contributed by atoms with van der Waals surface area (Å²) in [6.45, 7) is 0. The van der Waals surface area contributed by atoms with Crippen molar-refractivity contribution in [2.24, 2.45) is 0 Å². The lowest BCUT2D eigenvalue weighted by atomic mass is 10.0. The lowest BCUT2D eigenvalue weighted by Crippen LogP contribution is -2.40. The quantitative estimate of drug-likeness (QED) is 0.221. The van der Waals surface area contributed by atoms with E-state index in [1.165, 1.54) is 16.3 Å². The summed E-state index contributed by atoms with van der Waals surface area (Å²) >= 11 is 18.3. The van der Waals surface area contributed by atoms with Crippen molar-refractivity contribution in [1.82, 2.24) is 0 Å². The summed E-state index contributed by atoms with van der Waals surface area (Å²) in [7, 11) is 3.68. The van der Waals surface area contributed by atoms with Crippen LogP contribution >= 0.6 is 34.8 Å². The van der Waals surface area contributed by atoms with Crippen LogP contribution in [-0.2, 0) is 0 Å². The summed E-state index contributed by atoms with van der Waals surface area (Å²) in [6, 6.07) is 13.8. The van der Waals surface area contributed by atoms with Crippen LogP contribution in [0, 0.1) is 5.41 Å². The fourth-order valence-electron chi connectivity index (χ4n) is 3.40. The highest BCUT2D eigenvalue weighted by atomic mass is 35.5. The molecule has 3 aromatic carbocycles. The number of benzene rings is 3. The van der Waals surface area contributed by atoms with Crippen molar-refractivity contribution in [3.05, 3.63) is 68.7 Å². The van der Waals surface area contributed by atoms with Gasteiger partial charge in [-0.05, 0) is 34.5 Å². The van der Waals surface area contributed by atoms with Crippen molar-refractivity contribution < 1.29 is 0 Å². The van der Waals surface area contributed by atoms with E-state index >= 15 is 0 Å². The van der Waals surface area contributed by atoms with Gasteiger partial charge >= 0.3 is 0 Å². The fourth-order valence-corrected chi connectivity index (χ4v) is 3.98. The zero-order valence-electron chi connectivity index (χ0n) is 14.7. The molecule has 0 fully saturated rings. The van der Waals surface area contributed by atoms with E-state index in [9.17, 15) is 0 Å². The Kier molecular flexibility index (Phi) is 4.55. The van der Waals surface area contributed by atoms with E-state index in [4.69, 9.17) is 40.2 Å². The van der Waals surface area contributed by atoms with Gasteiger partial charge in [-0.15, -0.1) is 0 Å². The molecule has 6 heteroatoms. The van der Waals surface area contributed by atoms with Gasteiger partial charge in [0.2, 0.25) is 5.96 Å². The number of halogens is 3. The van der Waals surface area contributed by atoms with Gasteiger partial charge in [0.25, 0.3) is 0 Å². The van der Waals surface area contributed by atoms with E-state index in [2.05, 4.69) is 36.4 Å². The fraction of sp³-hybridized carbons (Fsp3) is 0.0952. The molecule has 0 heterocycles. The molecule has 0 aliphatic heterocycles. The van der Waals surface area contributed by atoms with Gasteiger partial charge in [0.15, 0.2) is 0 Å². The van der Waals surface area contributed by atoms with Crippen molar-refractivity contribution in [3.63, 3.8) is 0 Å². The van der Waals surface area contributed by atoms with Gasteiger partial charge in [-0.3, -0.25) is 5.41 Å². The molecule has 0 atom stereocenters. The molecule has 0 radical (unpaired) electrons. The molecule has 1 N–H and O–H groups in total. The maximum absolute atomic E-state index is 8.68. The van der Waals surface area contributed by atoms with Crippen molar-refractivity contribution in [3.8, 4) is 0 Å². The van der Waals surface area contributed by atoms with Crippen LogP contribution in [0.15, 0.2) is 42.5 Å². The Labute approximate surface area is 172 Å². The Hall–Kier alpha value is -2.20. The molecule has 1 aliphatic carbocycles. The molecule has 136 valence electrons. The molecule has 3 nitrogen and oxygen atoms in total. The maximum atomic E-state index is 8.68. The van der Waals surface area contributed by atoms with Crippen molar-refractivity contribution >= 4 is 75.1 Å². The van der Waals surface area contributed by atoms with Crippen LogP contribution in [0.3, 0.4) is 0 Å². The number of nitrogens with one attached hydrogen (secondary N) is 1. The third kappa shape index (κ3) is 2.96. The monoisotopic (exact) mass is 415 g/mol. The smallest absolute Gasteiger partial charge is 0.202 e. The molecular weight excluding hydrogens is 401 g/mol. The standard InChI is InChI=1S/C21H16Cl3N3/c1-26(14-10-16(22)20(24)17(23)11-14)21(25)27(2)18-9-7-13-5-3-4-12-6-8-15(18)19(12)13/h3-11,25H,1-2H3. The Morgan fingerprint density at radius 2 is 1.59 bits per heavy atom. The first-order chi connectivity index (χ1) is 12.9. The molecule has 0 unspecified atom stereocenters. The minimum absolute atomic E-state index is 0.290. The zero-order chi connectivity index (χ0) is 19.3. The highest BCUT2D eigenvalue weighted by Gasteiger charge is 2.20. The predicted octanol–water partition coefficient (Wildman–Crippen LogP) is 6.79. The van der Waals surface area contributed by atoms with E-state index in [0.717, 1.165) is 11.3 Å². The van der Waals surface area contributed by atoms with Gasteiger partial charge in [0, 0.05) is 25.3 Å². The van der Waals surface area contributed by atoms with E-state index in [1.54, 1.807) is 24.1 Å². The van der Waals surface area contributed by atoms with Crippen LogP contribution in [0.5, 0.6) is 0 Å². The molecular formula is C21H16Cl3N3. The zero-order valence-corrected chi connectivity index (χ0v) is 17.0. The number of guanidine groups is 1. The minimum atomic E-state index is 0.290. The van der Waals surface area contributed by atoms with Crippen LogP contribution in [0.25, 0.3) is 22.9 Å². The summed E-state index contributed by atoms with van der Waals surface area (Å²) in [6.07, 6.45) is 4.22. The molecule has 0 saturated heterocycles. The number of hydrogen-bond donors (Lipinski definition) is 1. The van der Waals surface area contributed by atoms with Crippen LogP contribution in [0.4, 0.5) is 11.4 Å². The summed E-state index contributed by atoms with van der Waals surface area (Å²) in [5.74, 6) is 0.290. The van der Waals surface area contributed by atoms with Crippen molar-refractivity contribution in [2.75, 3.05) is 23.9 Å². The predicted molar refractivity (Wildman–Crippen MR) is 119 cm³/mol. The first-order valence-electron chi connectivity index (χ1n) is 8.33. The number of nitrogens with zero attached hydrogens (tertiary/aromatic N) is 2. The Balaban J connectivity index is 1.72. The molecule has 0 spiro atoms. The van der Waals surface area contributed by atoms with Crippen molar-refractivity contribution in [2.45, 2.75) is 0 Å². The average molecular weight is 417 g/mol. The normalized spacial score (nSPS) is 11.9. The van der Waals surface area contributed by atoms with E-state index in [-0.39, 0.29) is 5.96 Å². The third-order valence-corrected chi connectivity index (χ3v) is 6.07. The average Bonchev–Trinajstić information content (AvgIpc) is 3.10. The SMILES string of the molecule is CN(C(=N)N(C)c1ccc2cccc3c2c1C=C3)c1cc(Cl)c(Cl)c(Cl)c1. The summed E-state index contributed by atoms with van der Waals surface area (Å²) < 4.78 is 0. The van der Waals surface area contributed by atoms with Gasteiger partial charge in [0.1, 0.15) is 0 Å². The third-order valence-electron chi connectivity index (χ3n) is 4.88. The van der Waals surface area contributed by atoms with Gasteiger partial charge < -0.3 is 9.80 Å². The Bertz CT molecular complexity index is 1100. The molecule has 0 amide bonds. The summed E-state index contributed by atoms with van der Waals surface area (Å²) in [4.78, 5) is 3.56. The molecule has 3 aromatic rings. The lowest BCUT2D eigenvalue weighted by molar-refractivity contribution is 1.12. The first-order valence-corrected chi connectivity index (χ1v) is 9.46. The molecule has 0 aromatic heterocycles. The van der Waals surface area contributed by atoms with Crippen LogP contribution in [0.2, 0.25) is 15.1 Å². The number of anilines is 2. The van der Waals surface area contributed by atoms with Crippen LogP contribution in [-0.4, -0.2) is 20.1 Å². The van der Waals surface area contributed by atoms with Gasteiger partial charge in [-0.25, -0.2) is 0 Å². The molecule has 0 bridgehead atoms. The van der Waals surface area contributed by atoms with Crippen LogP contribution in [0.1, 0.15) is 11.1 Å². The second-order valence-electron chi connectivity index (χ2n) is 6.44. The highest BCUT2D eigenvalue weighted by molar-refractivity contribution is 6.48. The second-order valence-corrected chi connectivity index (χ2v) is 7.63. The van der Waals surface area contributed by atoms with E-state index in [0.29, 0.717) is 20.8 Å². The Morgan fingerprint density at radius 1 is 0.889 bits per heavy atom. The summed E-state index contributed by atoms with van der Waals surface area (Å²) in [5.41, 5.74) is 3.98. The number of rotatable bonds is 2. The van der Waals surface area contributed by atoms with Crippen LogP contribution < -0.4 is 9.80 Å². The molecule has 0 saturated carbocycles. The Morgan fingerprint density at radius 3 is 2.30 bits per heavy atom. The minimum Gasteiger partial charge on any atom is -0.315 e. The maximum Gasteiger partial charge on any atom is 0.202 e. The second kappa shape index (κ2) is 6.75. The summed E-state index contributed by atoms with van der Waals surface area (Å²) in [5, 5.41) is 12.1. The molecule has 1 aliphatic rings. The first kappa shape index (κ1) is 18.2. The molecule has 4 rings (SSSR count). The van der Waals surface area contributed by atoms with E-state index in [1.807, 2.05) is 18.0 Å². The largest absolute Gasteiger partial charge is 0.315 e. The van der Waals surface area contributed by atoms with E-state index < -0.39 is 0 Å². The van der Waals surface area contributed by atoms with Gasteiger partial charge in [-0.2, -0.15) is 0 Å². The number of hydrogen-bond acceptors (Lipinski definition) is 1. The van der Waals surface area contributed by atoms with Crippen molar-refractivity contribution in [1.29, 1.82) is 5.41 Å². The molecule has 27 heavy (non-hydrogen) atoms. The topological polar surface area (TPSA) is 30.3 Å². The van der Waals surface area contributed by atoms with Gasteiger partial charge in [0.05, 0.1) is 20.8 Å². The highest BCUT2D eigenvalue weighted by Crippen LogP contribution is 2.38. The lowest BCUT2D eigenvalue weighted by Gasteiger charge is -2.29. The van der Waals surface area contributed by atoms with Gasteiger partial charge in [-0.1, -0.05) is 71.2 Å².